The summed E-state index contributed by atoms with van der Waals surface area (Å²) in [5.74, 6) is -0.362. The highest BCUT2D eigenvalue weighted by atomic mass is 19.1. The Morgan fingerprint density at radius 2 is 2.31 bits per heavy atom. The van der Waals surface area contributed by atoms with E-state index in [0.717, 1.165) is 0 Å². The Balaban J connectivity index is 2.53. The van der Waals surface area contributed by atoms with Crippen LogP contribution in [0.5, 0.6) is 0 Å². The van der Waals surface area contributed by atoms with Crippen molar-refractivity contribution in [3.63, 3.8) is 0 Å². The molecule has 5 heteroatoms. The number of aliphatic hydroxyl groups is 1. The van der Waals surface area contributed by atoms with Crippen molar-refractivity contribution in [1.29, 1.82) is 0 Å². The van der Waals surface area contributed by atoms with Crippen molar-refractivity contribution in [3.05, 3.63) is 0 Å². The summed E-state index contributed by atoms with van der Waals surface area (Å²) >= 11 is 0. The summed E-state index contributed by atoms with van der Waals surface area (Å²) in [4.78, 5) is 11.7. The monoisotopic (exact) mass is 232 g/mol. The van der Waals surface area contributed by atoms with Crippen LogP contribution in [0.15, 0.2) is 0 Å². The molecule has 1 aliphatic heterocycles. The van der Waals surface area contributed by atoms with E-state index in [4.69, 9.17) is 5.11 Å². The van der Waals surface area contributed by atoms with Gasteiger partial charge in [-0.15, -0.1) is 0 Å². The van der Waals surface area contributed by atoms with Gasteiger partial charge in [0.1, 0.15) is 0 Å². The second-order valence-electron chi connectivity index (χ2n) is 4.73. The molecule has 94 valence electrons. The van der Waals surface area contributed by atoms with Gasteiger partial charge in [0.2, 0.25) is 5.67 Å². The van der Waals surface area contributed by atoms with Crippen LogP contribution in [0, 0.1) is 5.92 Å². The fraction of sp³-hybridized carbons (Fsp3) is 0.909. The SMILES string of the molecule is CC(C)C(CCO)NC(=O)C1(F)CCNC1. The molecule has 1 rings (SSSR count). The number of hydrogen-bond acceptors (Lipinski definition) is 3. The maximum absolute atomic E-state index is 14.0. The highest BCUT2D eigenvalue weighted by molar-refractivity contribution is 5.86. The van der Waals surface area contributed by atoms with Crippen LogP contribution in [0.4, 0.5) is 4.39 Å². The van der Waals surface area contributed by atoms with E-state index < -0.39 is 11.6 Å². The summed E-state index contributed by atoms with van der Waals surface area (Å²) in [7, 11) is 0. The first-order valence-corrected chi connectivity index (χ1v) is 5.81. The van der Waals surface area contributed by atoms with Crippen LogP contribution in [0.25, 0.3) is 0 Å². The van der Waals surface area contributed by atoms with Crippen LogP contribution in [0.3, 0.4) is 0 Å². The average Bonchev–Trinajstić information content (AvgIpc) is 2.65. The highest BCUT2D eigenvalue weighted by Gasteiger charge is 2.42. The molecule has 0 aliphatic carbocycles. The molecule has 1 amide bonds. The molecule has 1 heterocycles. The summed E-state index contributed by atoms with van der Waals surface area (Å²) in [6.07, 6.45) is 0.690. The molecule has 2 atom stereocenters. The lowest BCUT2D eigenvalue weighted by molar-refractivity contribution is -0.132. The number of carbonyl (C=O) groups excluding carboxylic acids is 1. The van der Waals surface area contributed by atoms with Gasteiger partial charge in [0, 0.05) is 25.6 Å². The molecule has 16 heavy (non-hydrogen) atoms. The Morgan fingerprint density at radius 3 is 2.75 bits per heavy atom. The van der Waals surface area contributed by atoms with Crippen molar-refractivity contribution in [3.8, 4) is 0 Å². The topological polar surface area (TPSA) is 61.4 Å². The van der Waals surface area contributed by atoms with Gasteiger partial charge >= 0.3 is 0 Å². The maximum Gasteiger partial charge on any atom is 0.259 e. The number of hydrogen-bond donors (Lipinski definition) is 3. The predicted molar refractivity (Wildman–Crippen MR) is 59.8 cm³/mol. The number of carbonyl (C=O) groups is 1. The number of halogens is 1. The summed E-state index contributed by atoms with van der Waals surface area (Å²) in [5.41, 5.74) is -1.78. The Labute approximate surface area is 95.6 Å². The van der Waals surface area contributed by atoms with Gasteiger partial charge in [0.05, 0.1) is 0 Å². The first-order valence-electron chi connectivity index (χ1n) is 5.81. The second kappa shape index (κ2) is 5.59. The molecule has 0 saturated carbocycles. The molecule has 0 aromatic carbocycles. The number of amides is 1. The molecule has 0 radical (unpaired) electrons. The lowest BCUT2D eigenvalue weighted by Gasteiger charge is -2.25. The molecular weight excluding hydrogens is 211 g/mol. The van der Waals surface area contributed by atoms with Crippen LogP contribution in [0.2, 0.25) is 0 Å². The van der Waals surface area contributed by atoms with E-state index in [0.29, 0.717) is 13.0 Å². The standard InChI is InChI=1S/C11H21FN2O2/c1-8(2)9(3-6-15)14-10(16)11(12)4-5-13-7-11/h8-9,13,15H,3-7H2,1-2H3,(H,14,16). The first kappa shape index (κ1) is 13.4. The van der Waals surface area contributed by atoms with E-state index in [1.54, 1.807) is 0 Å². The molecule has 1 aliphatic rings. The minimum absolute atomic E-state index is 0.000657. The third-order valence-electron chi connectivity index (χ3n) is 3.07. The maximum atomic E-state index is 14.0. The van der Waals surface area contributed by atoms with Gasteiger partial charge < -0.3 is 15.7 Å². The molecule has 1 saturated heterocycles. The molecule has 0 aromatic heterocycles. The molecule has 0 bridgehead atoms. The van der Waals surface area contributed by atoms with Gasteiger partial charge in [-0.05, 0) is 18.9 Å². The van der Waals surface area contributed by atoms with Crippen molar-refractivity contribution < 1.29 is 14.3 Å². The van der Waals surface area contributed by atoms with E-state index in [2.05, 4.69) is 10.6 Å². The zero-order chi connectivity index (χ0) is 12.2. The van der Waals surface area contributed by atoms with Crippen molar-refractivity contribution in [2.24, 2.45) is 5.92 Å². The number of alkyl halides is 1. The van der Waals surface area contributed by atoms with Crippen molar-refractivity contribution in [1.82, 2.24) is 10.6 Å². The predicted octanol–water partition coefficient (Wildman–Crippen LogP) is 0.211. The second-order valence-corrected chi connectivity index (χ2v) is 4.73. The van der Waals surface area contributed by atoms with Gasteiger partial charge in [-0.2, -0.15) is 0 Å². The summed E-state index contributed by atoms with van der Waals surface area (Å²) in [5, 5.41) is 14.4. The zero-order valence-electron chi connectivity index (χ0n) is 9.92. The van der Waals surface area contributed by atoms with E-state index in [9.17, 15) is 9.18 Å². The van der Waals surface area contributed by atoms with Gasteiger partial charge in [0.15, 0.2) is 0 Å². The van der Waals surface area contributed by atoms with Crippen LogP contribution < -0.4 is 10.6 Å². The molecule has 4 nitrogen and oxygen atoms in total. The molecule has 1 fully saturated rings. The fourth-order valence-corrected chi connectivity index (χ4v) is 1.86. The molecule has 0 spiro atoms. The van der Waals surface area contributed by atoms with Gasteiger partial charge in [-0.3, -0.25) is 4.79 Å². The van der Waals surface area contributed by atoms with E-state index in [-0.39, 0.29) is 31.5 Å². The van der Waals surface area contributed by atoms with E-state index >= 15 is 0 Å². The van der Waals surface area contributed by atoms with Crippen LogP contribution in [0.1, 0.15) is 26.7 Å². The van der Waals surface area contributed by atoms with E-state index in [1.165, 1.54) is 0 Å². The van der Waals surface area contributed by atoms with E-state index in [1.807, 2.05) is 13.8 Å². The van der Waals surface area contributed by atoms with Crippen molar-refractivity contribution in [2.45, 2.75) is 38.4 Å². The lowest BCUT2D eigenvalue weighted by Crippen LogP contribution is -2.50. The van der Waals surface area contributed by atoms with Gasteiger partial charge in [0.25, 0.3) is 5.91 Å². The average molecular weight is 232 g/mol. The third-order valence-corrected chi connectivity index (χ3v) is 3.07. The summed E-state index contributed by atoms with van der Waals surface area (Å²) in [6, 6.07) is -0.161. The minimum atomic E-state index is -1.78. The normalized spacial score (nSPS) is 27.1. The Bertz CT molecular complexity index is 240. The summed E-state index contributed by atoms with van der Waals surface area (Å²) < 4.78 is 14.0. The Morgan fingerprint density at radius 1 is 1.62 bits per heavy atom. The first-order chi connectivity index (χ1) is 7.49. The molecule has 2 unspecified atom stereocenters. The molecular formula is C11H21FN2O2. The molecule has 3 N–H and O–H groups in total. The van der Waals surface area contributed by atoms with Gasteiger partial charge in [-0.1, -0.05) is 13.8 Å². The Hall–Kier alpha value is -0.680. The fourth-order valence-electron chi connectivity index (χ4n) is 1.86. The van der Waals surface area contributed by atoms with Crippen LogP contribution in [-0.4, -0.2) is 42.4 Å². The van der Waals surface area contributed by atoms with Crippen molar-refractivity contribution >= 4 is 5.91 Å². The number of rotatable bonds is 5. The highest BCUT2D eigenvalue weighted by Crippen LogP contribution is 2.20. The number of nitrogens with one attached hydrogen (secondary N) is 2. The van der Waals surface area contributed by atoms with Crippen LogP contribution >= 0.6 is 0 Å². The van der Waals surface area contributed by atoms with Crippen LogP contribution in [-0.2, 0) is 4.79 Å². The molecule has 0 aromatic rings. The smallest absolute Gasteiger partial charge is 0.259 e. The quantitative estimate of drug-likeness (QED) is 0.635. The minimum Gasteiger partial charge on any atom is -0.396 e. The number of aliphatic hydroxyl groups excluding tert-OH is 1. The van der Waals surface area contributed by atoms with Crippen molar-refractivity contribution in [2.75, 3.05) is 19.7 Å². The summed E-state index contributed by atoms with van der Waals surface area (Å²) in [6.45, 7) is 4.51. The lowest BCUT2D eigenvalue weighted by atomic mass is 9.98. The zero-order valence-corrected chi connectivity index (χ0v) is 9.92. The van der Waals surface area contributed by atoms with Gasteiger partial charge in [-0.25, -0.2) is 4.39 Å². The largest absolute Gasteiger partial charge is 0.396 e. The third kappa shape index (κ3) is 3.15. The Kier molecular flexibility index (Phi) is 4.68.